The molecule has 0 radical (unpaired) electrons. The van der Waals surface area contributed by atoms with Crippen molar-refractivity contribution in [2.24, 2.45) is 4.99 Å². The van der Waals surface area contributed by atoms with Gasteiger partial charge in [0.05, 0.1) is 4.91 Å². The molecular formula is C24H16BrClN2O3S. The van der Waals surface area contributed by atoms with Gasteiger partial charge in [-0.1, -0.05) is 51.8 Å². The summed E-state index contributed by atoms with van der Waals surface area (Å²) >= 11 is 10.4. The van der Waals surface area contributed by atoms with Crippen LogP contribution in [0.15, 0.2) is 87.2 Å². The normalized spacial score (nSPS) is 15.8. The van der Waals surface area contributed by atoms with E-state index in [0.29, 0.717) is 22.1 Å². The van der Waals surface area contributed by atoms with Crippen molar-refractivity contribution in [2.75, 3.05) is 0 Å². The quantitative estimate of drug-likeness (QED) is 0.408. The van der Waals surface area contributed by atoms with Gasteiger partial charge < -0.3 is 10.1 Å². The van der Waals surface area contributed by atoms with Crippen LogP contribution < -0.4 is 10.1 Å². The van der Waals surface area contributed by atoms with Gasteiger partial charge in [-0.05, 0) is 77.5 Å². The number of benzene rings is 3. The fourth-order valence-corrected chi connectivity index (χ4v) is 4.00. The highest BCUT2D eigenvalue weighted by atomic mass is 79.9. The summed E-state index contributed by atoms with van der Waals surface area (Å²) in [4.78, 5) is 29.0. The molecule has 3 aromatic carbocycles. The minimum absolute atomic E-state index is 0.246. The average Bonchev–Trinajstić information content (AvgIpc) is 3.13. The van der Waals surface area contributed by atoms with Crippen LogP contribution in [0.25, 0.3) is 6.08 Å². The van der Waals surface area contributed by atoms with Crippen LogP contribution in [0.3, 0.4) is 0 Å². The van der Waals surface area contributed by atoms with Crippen molar-refractivity contribution in [2.45, 2.75) is 6.61 Å². The number of thioether (sulfide) groups is 1. The third-order valence-corrected chi connectivity index (χ3v) is 6.13. The zero-order valence-corrected chi connectivity index (χ0v) is 19.7. The van der Waals surface area contributed by atoms with Crippen molar-refractivity contribution in [1.29, 1.82) is 0 Å². The number of carbonyl (C=O) groups is 2. The molecule has 0 unspecified atom stereocenters. The molecule has 160 valence electrons. The Bertz CT molecular complexity index is 1210. The molecule has 1 N–H and O–H groups in total. The first-order valence-electron chi connectivity index (χ1n) is 9.53. The molecule has 5 nitrogen and oxygen atoms in total. The van der Waals surface area contributed by atoms with Gasteiger partial charge >= 0.3 is 0 Å². The summed E-state index contributed by atoms with van der Waals surface area (Å²) in [5.41, 5.74) is 2.30. The SMILES string of the molecule is O=C1NC(=NC(=O)c2ccc(Cl)cc2)S/C1=C\c1ccc(OCc2ccc(Br)cc2)cc1. The maximum absolute atomic E-state index is 12.3. The van der Waals surface area contributed by atoms with E-state index >= 15 is 0 Å². The standard InChI is InChI=1S/C24H16BrClN2O3S/c25-18-7-1-16(2-8-18)14-31-20-11-3-15(4-12-20)13-21-23(30)28-24(32-21)27-22(29)17-5-9-19(26)10-6-17/h1-13H,14H2,(H,27,28,29,30)/b21-13-. The Balaban J connectivity index is 1.39. The number of hydrogen-bond acceptors (Lipinski definition) is 4. The molecular weight excluding hydrogens is 512 g/mol. The van der Waals surface area contributed by atoms with E-state index in [1.165, 1.54) is 0 Å². The summed E-state index contributed by atoms with van der Waals surface area (Å²) in [5, 5.41) is 3.40. The average molecular weight is 528 g/mol. The highest BCUT2D eigenvalue weighted by molar-refractivity contribution is 9.10. The lowest BCUT2D eigenvalue weighted by atomic mass is 10.2. The predicted molar refractivity (Wildman–Crippen MR) is 132 cm³/mol. The van der Waals surface area contributed by atoms with Crippen LogP contribution in [0.1, 0.15) is 21.5 Å². The third kappa shape index (κ3) is 5.88. The number of halogens is 2. The second-order valence-corrected chi connectivity index (χ2v) is 9.16. The number of amidine groups is 1. The van der Waals surface area contributed by atoms with Crippen LogP contribution in [0.5, 0.6) is 5.75 Å². The Morgan fingerprint density at radius 1 is 1.03 bits per heavy atom. The van der Waals surface area contributed by atoms with Gasteiger partial charge in [0.25, 0.3) is 11.8 Å². The first-order chi connectivity index (χ1) is 15.5. The summed E-state index contributed by atoms with van der Waals surface area (Å²) in [7, 11) is 0. The number of rotatable bonds is 5. The lowest BCUT2D eigenvalue weighted by Gasteiger charge is -2.06. The van der Waals surface area contributed by atoms with E-state index in [9.17, 15) is 9.59 Å². The largest absolute Gasteiger partial charge is 0.489 e. The van der Waals surface area contributed by atoms with E-state index in [-0.39, 0.29) is 11.1 Å². The molecule has 1 saturated heterocycles. The van der Waals surface area contributed by atoms with Gasteiger partial charge in [0.15, 0.2) is 5.17 Å². The second-order valence-electron chi connectivity index (χ2n) is 6.78. The molecule has 1 fully saturated rings. The summed E-state index contributed by atoms with van der Waals surface area (Å²) < 4.78 is 6.83. The first kappa shape index (κ1) is 22.3. The van der Waals surface area contributed by atoms with Gasteiger partial charge in [-0.15, -0.1) is 0 Å². The molecule has 0 aliphatic carbocycles. The van der Waals surface area contributed by atoms with Crippen LogP contribution in [0.4, 0.5) is 0 Å². The molecule has 0 atom stereocenters. The fourth-order valence-electron chi connectivity index (χ4n) is 2.79. The highest BCUT2D eigenvalue weighted by Crippen LogP contribution is 2.27. The molecule has 1 aliphatic heterocycles. The molecule has 0 saturated carbocycles. The molecule has 32 heavy (non-hydrogen) atoms. The Hall–Kier alpha value is -2.87. The molecule has 2 amide bonds. The number of nitrogens with zero attached hydrogens (tertiary/aromatic N) is 1. The summed E-state index contributed by atoms with van der Waals surface area (Å²) in [6, 6.07) is 21.8. The number of carbonyl (C=O) groups excluding carboxylic acids is 2. The van der Waals surface area contributed by atoms with E-state index in [2.05, 4.69) is 26.2 Å². The third-order valence-electron chi connectivity index (χ3n) is 4.44. The van der Waals surface area contributed by atoms with Gasteiger partial charge in [0.2, 0.25) is 0 Å². The van der Waals surface area contributed by atoms with Crippen LogP contribution >= 0.6 is 39.3 Å². The Kier molecular flexibility index (Phi) is 7.09. The second kappa shape index (κ2) is 10.2. The van der Waals surface area contributed by atoms with Gasteiger partial charge in [-0.2, -0.15) is 4.99 Å². The van der Waals surface area contributed by atoms with Crippen molar-refractivity contribution in [1.82, 2.24) is 5.32 Å². The van der Waals surface area contributed by atoms with E-state index in [1.54, 1.807) is 30.3 Å². The molecule has 0 spiro atoms. The van der Waals surface area contributed by atoms with E-state index < -0.39 is 5.91 Å². The Morgan fingerprint density at radius 3 is 2.41 bits per heavy atom. The smallest absolute Gasteiger partial charge is 0.279 e. The maximum Gasteiger partial charge on any atom is 0.279 e. The maximum atomic E-state index is 12.3. The van der Waals surface area contributed by atoms with Crippen LogP contribution in [-0.4, -0.2) is 17.0 Å². The van der Waals surface area contributed by atoms with E-state index in [1.807, 2.05) is 48.5 Å². The molecule has 1 heterocycles. The minimum Gasteiger partial charge on any atom is -0.489 e. The number of hydrogen-bond donors (Lipinski definition) is 1. The van der Waals surface area contributed by atoms with Gasteiger partial charge in [-0.3, -0.25) is 9.59 Å². The van der Waals surface area contributed by atoms with E-state index in [4.69, 9.17) is 16.3 Å². The van der Waals surface area contributed by atoms with Crippen molar-refractivity contribution < 1.29 is 14.3 Å². The van der Waals surface area contributed by atoms with Gasteiger partial charge in [0.1, 0.15) is 12.4 Å². The number of nitrogens with one attached hydrogen (secondary N) is 1. The lowest BCUT2D eigenvalue weighted by Crippen LogP contribution is -2.20. The zero-order valence-electron chi connectivity index (χ0n) is 16.5. The summed E-state index contributed by atoms with van der Waals surface area (Å²) in [6.07, 6.45) is 1.74. The van der Waals surface area contributed by atoms with E-state index in [0.717, 1.165) is 33.1 Å². The molecule has 0 bridgehead atoms. The summed E-state index contributed by atoms with van der Waals surface area (Å²) in [5.74, 6) is -0.0133. The van der Waals surface area contributed by atoms with Crippen molar-refractivity contribution >= 4 is 62.4 Å². The number of amides is 2. The van der Waals surface area contributed by atoms with Crippen LogP contribution in [-0.2, 0) is 11.4 Å². The van der Waals surface area contributed by atoms with Gasteiger partial charge in [-0.25, -0.2) is 0 Å². The molecule has 4 rings (SSSR count). The molecule has 3 aromatic rings. The van der Waals surface area contributed by atoms with Gasteiger partial charge in [0, 0.05) is 15.1 Å². The number of aliphatic imine (C=N–C) groups is 1. The zero-order chi connectivity index (χ0) is 22.5. The first-order valence-corrected chi connectivity index (χ1v) is 11.5. The van der Waals surface area contributed by atoms with Crippen LogP contribution in [0, 0.1) is 0 Å². The van der Waals surface area contributed by atoms with Crippen molar-refractivity contribution in [3.8, 4) is 5.75 Å². The topological polar surface area (TPSA) is 67.8 Å². The summed E-state index contributed by atoms with van der Waals surface area (Å²) in [6.45, 7) is 0.466. The number of ether oxygens (including phenoxy) is 1. The monoisotopic (exact) mass is 526 g/mol. The Morgan fingerprint density at radius 2 is 1.72 bits per heavy atom. The molecule has 8 heteroatoms. The Labute approximate surface area is 202 Å². The lowest BCUT2D eigenvalue weighted by molar-refractivity contribution is -0.115. The highest BCUT2D eigenvalue weighted by Gasteiger charge is 2.24. The fraction of sp³-hybridized carbons (Fsp3) is 0.0417. The minimum atomic E-state index is -0.446. The molecule has 1 aliphatic rings. The molecule has 0 aromatic heterocycles. The van der Waals surface area contributed by atoms with Crippen molar-refractivity contribution in [3.05, 3.63) is 104 Å². The predicted octanol–water partition coefficient (Wildman–Crippen LogP) is 6.08. The van der Waals surface area contributed by atoms with Crippen LogP contribution in [0.2, 0.25) is 5.02 Å². The van der Waals surface area contributed by atoms with Crippen molar-refractivity contribution in [3.63, 3.8) is 0 Å².